The Labute approximate surface area is 183 Å². The topological polar surface area (TPSA) is 75.2 Å². The van der Waals surface area contributed by atoms with E-state index in [2.05, 4.69) is 25.8 Å². The average molecular weight is 475 g/mol. The monoisotopic (exact) mass is 474 g/mol. The largest absolute Gasteiger partial charge is 0.445 e. The third-order valence-electron chi connectivity index (χ3n) is 5.16. The lowest BCUT2D eigenvalue weighted by molar-refractivity contribution is 0.0567. The summed E-state index contributed by atoms with van der Waals surface area (Å²) in [7, 11) is 0. The molecule has 2 aliphatic rings. The highest BCUT2D eigenvalue weighted by atomic mass is 79.9. The van der Waals surface area contributed by atoms with Crippen molar-refractivity contribution in [3.63, 3.8) is 0 Å². The van der Waals surface area contributed by atoms with Crippen LogP contribution in [0.5, 0.6) is 0 Å². The molecular weight excluding hydrogens is 452 g/mol. The third-order valence-corrected chi connectivity index (χ3v) is 5.63. The van der Waals surface area contributed by atoms with Gasteiger partial charge in [-0.25, -0.2) is 14.6 Å². The van der Waals surface area contributed by atoms with Crippen molar-refractivity contribution >= 4 is 33.9 Å². The minimum atomic E-state index is -0.377. The van der Waals surface area contributed by atoms with Gasteiger partial charge in [-0.3, -0.25) is 9.80 Å². The number of hydrogen-bond acceptors (Lipinski definition) is 6. The molecule has 3 heterocycles. The number of ether oxygens (including phenoxy) is 2. The van der Waals surface area contributed by atoms with Crippen LogP contribution in [0.25, 0.3) is 0 Å². The lowest BCUT2D eigenvalue weighted by atomic mass is 10.2. The summed E-state index contributed by atoms with van der Waals surface area (Å²) >= 11 is 3.34. The number of carbonyl (C=O) groups is 2. The summed E-state index contributed by atoms with van der Waals surface area (Å²) in [4.78, 5) is 34.2. The second-order valence-electron chi connectivity index (χ2n) is 7.28. The van der Waals surface area contributed by atoms with Crippen LogP contribution >= 0.6 is 15.9 Å². The highest BCUT2D eigenvalue weighted by Crippen LogP contribution is 2.22. The molecule has 0 bridgehead atoms. The maximum absolute atomic E-state index is 12.3. The van der Waals surface area contributed by atoms with Crippen molar-refractivity contribution in [3.8, 4) is 0 Å². The zero-order valence-electron chi connectivity index (χ0n) is 16.4. The third kappa shape index (κ3) is 5.09. The molecule has 9 heteroatoms. The van der Waals surface area contributed by atoms with Crippen LogP contribution in [0.1, 0.15) is 5.56 Å². The first-order valence-electron chi connectivity index (χ1n) is 9.86. The predicted molar refractivity (Wildman–Crippen MR) is 114 cm³/mol. The maximum atomic E-state index is 12.3. The first kappa shape index (κ1) is 20.6. The van der Waals surface area contributed by atoms with Crippen molar-refractivity contribution in [2.24, 2.45) is 0 Å². The number of nitrogens with zero attached hydrogens (tertiary/aromatic N) is 4. The van der Waals surface area contributed by atoms with Gasteiger partial charge in [0.15, 0.2) is 0 Å². The number of anilines is 1. The quantitative estimate of drug-likeness (QED) is 0.662. The second-order valence-corrected chi connectivity index (χ2v) is 8.19. The summed E-state index contributed by atoms with van der Waals surface area (Å²) in [6, 6.07) is 13.3. The molecule has 0 radical (unpaired) electrons. The Morgan fingerprint density at radius 1 is 1.13 bits per heavy atom. The van der Waals surface area contributed by atoms with Gasteiger partial charge in [0, 0.05) is 43.4 Å². The second kappa shape index (κ2) is 9.44. The Bertz CT molecular complexity index is 872. The molecule has 1 atom stereocenters. The summed E-state index contributed by atoms with van der Waals surface area (Å²) in [5.74, 6) is 0.580. The van der Waals surface area contributed by atoms with Gasteiger partial charge in [0.25, 0.3) is 0 Å². The van der Waals surface area contributed by atoms with E-state index in [1.165, 1.54) is 0 Å². The van der Waals surface area contributed by atoms with E-state index in [-0.39, 0.29) is 24.9 Å². The van der Waals surface area contributed by atoms with Crippen molar-refractivity contribution in [1.82, 2.24) is 14.8 Å². The number of hydrogen-bond donors (Lipinski definition) is 0. The minimum Gasteiger partial charge on any atom is -0.445 e. The van der Waals surface area contributed by atoms with Gasteiger partial charge in [-0.05, 0) is 33.6 Å². The Hall–Kier alpha value is -2.65. The minimum absolute atomic E-state index is 0.223. The number of cyclic esters (lactones) is 1. The van der Waals surface area contributed by atoms with Gasteiger partial charge in [-0.15, -0.1) is 0 Å². The predicted octanol–water partition coefficient (Wildman–Crippen LogP) is 3.12. The molecule has 0 saturated carbocycles. The van der Waals surface area contributed by atoms with E-state index >= 15 is 0 Å². The van der Waals surface area contributed by atoms with Gasteiger partial charge in [-0.2, -0.15) is 0 Å². The summed E-state index contributed by atoms with van der Waals surface area (Å²) in [6.45, 7) is 3.98. The van der Waals surface area contributed by atoms with E-state index in [9.17, 15) is 9.59 Å². The van der Waals surface area contributed by atoms with Crippen LogP contribution in [0.3, 0.4) is 0 Å². The number of pyridine rings is 1. The van der Waals surface area contributed by atoms with Gasteiger partial charge >= 0.3 is 12.2 Å². The van der Waals surface area contributed by atoms with Crippen LogP contribution in [0.4, 0.5) is 15.4 Å². The number of aromatic nitrogens is 1. The molecule has 1 aromatic heterocycles. The Balaban J connectivity index is 1.21. The van der Waals surface area contributed by atoms with Crippen LogP contribution in [0, 0.1) is 0 Å². The normalized spacial score (nSPS) is 19.6. The first-order valence-corrected chi connectivity index (χ1v) is 10.7. The van der Waals surface area contributed by atoms with Crippen molar-refractivity contribution < 1.29 is 19.1 Å². The molecule has 0 spiro atoms. The molecule has 0 aliphatic carbocycles. The van der Waals surface area contributed by atoms with Crippen LogP contribution in [0.15, 0.2) is 53.1 Å². The zero-order valence-corrected chi connectivity index (χ0v) is 18.0. The Morgan fingerprint density at radius 3 is 2.60 bits per heavy atom. The van der Waals surface area contributed by atoms with E-state index in [4.69, 9.17) is 9.47 Å². The van der Waals surface area contributed by atoms with Crippen molar-refractivity contribution in [2.45, 2.75) is 12.7 Å². The summed E-state index contributed by atoms with van der Waals surface area (Å²) in [5, 5.41) is 0. The standard InChI is InChI=1S/C21H23BrN4O4/c22-17-6-7-19(23-12-17)26-14-18(30-21(26)28)13-24-8-10-25(11-9-24)20(27)29-15-16-4-2-1-3-5-16/h1-7,12,18H,8-11,13-15H2. The zero-order chi connectivity index (χ0) is 20.9. The van der Waals surface area contributed by atoms with E-state index in [0.717, 1.165) is 10.0 Å². The molecule has 1 aromatic carbocycles. The molecule has 1 unspecified atom stereocenters. The van der Waals surface area contributed by atoms with E-state index in [0.29, 0.717) is 45.1 Å². The lowest BCUT2D eigenvalue weighted by Crippen LogP contribution is -2.50. The fraction of sp³-hybridized carbons (Fsp3) is 0.381. The van der Waals surface area contributed by atoms with Crippen LogP contribution < -0.4 is 4.90 Å². The van der Waals surface area contributed by atoms with Gasteiger partial charge in [-0.1, -0.05) is 30.3 Å². The van der Waals surface area contributed by atoms with Crippen molar-refractivity contribution in [3.05, 3.63) is 58.7 Å². The number of halogens is 1. The van der Waals surface area contributed by atoms with E-state index in [1.807, 2.05) is 36.4 Å². The number of amides is 2. The molecule has 4 rings (SSSR count). The summed E-state index contributed by atoms with van der Waals surface area (Å²) < 4.78 is 11.8. The van der Waals surface area contributed by atoms with Crippen molar-refractivity contribution in [1.29, 1.82) is 0 Å². The number of piperazine rings is 1. The molecule has 0 N–H and O–H groups in total. The molecular formula is C21H23BrN4O4. The summed E-state index contributed by atoms with van der Waals surface area (Å²) in [5.41, 5.74) is 0.970. The fourth-order valence-electron chi connectivity index (χ4n) is 3.54. The fourth-order valence-corrected chi connectivity index (χ4v) is 3.78. The Kier molecular flexibility index (Phi) is 6.49. The highest BCUT2D eigenvalue weighted by Gasteiger charge is 2.35. The first-order chi connectivity index (χ1) is 14.6. The molecule has 8 nitrogen and oxygen atoms in total. The summed E-state index contributed by atoms with van der Waals surface area (Å²) in [6.07, 6.45) is 0.766. The highest BCUT2D eigenvalue weighted by molar-refractivity contribution is 9.10. The Morgan fingerprint density at radius 2 is 1.90 bits per heavy atom. The molecule has 2 fully saturated rings. The van der Waals surface area contributed by atoms with Gasteiger partial charge < -0.3 is 14.4 Å². The van der Waals surface area contributed by atoms with Gasteiger partial charge in [0.2, 0.25) is 0 Å². The van der Waals surface area contributed by atoms with Gasteiger partial charge in [0.05, 0.1) is 6.54 Å². The molecule has 2 aliphatic heterocycles. The number of benzene rings is 1. The van der Waals surface area contributed by atoms with Crippen LogP contribution in [-0.2, 0) is 16.1 Å². The SMILES string of the molecule is O=C(OCc1ccccc1)N1CCN(CC2CN(c3ccc(Br)cn3)C(=O)O2)CC1. The molecule has 2 saturated heterocycles. The van der Waals surface area contributed by atoms with E-state index < -0.39 is 0 Å². The molecule has 2 aromatic rings. The van der Waals surface area contributed by atoms with Crippen LogP contribution in [0.2, 0.25) is 0 Å². The van der Waals surface area contributed by atoms with Crippen molar-refractivity contribution in [2.75, 3.05) is 44.2 Å². The molecule has 30 heavy (non-hydrogen) atoms. The molecule has 2 amide bonds. The number of rotatable bonds is 5. The van der Waals surface area contributed by atoms with E-state index in [1.54, 1.807) is 22.1 Å². The lowest BCUT2D eigenvalue weighted by Gasteiger charge is -2.34. The smallest absolute Gasteiger partial charge is 0.415 e. The molecule has 158 valence electrons. The average Bonchev–Trinajstić information content (AvgIpc) is 3.13. The van der Waals surface area contributed by atoms with Gasteiger partial charge in [0.1, 0.15) is 18.5 Å². The maximum Gasteiger partial charge on any atom is 0.415 e. The van der Waals surface area contributed by atoms with Crippen LogP contribution in [-0.4, -0.2) is 72.3 Å². The number of carbonyl (C=O) groups excluding carboxylic acids is 2.